The zero-order chi connectivity index (χ0) is 10.2. The Balaban J connectivity index is 1.94. The maximum atomic E-state index is 10.9. The number of nitrogens with zero attached hydrogens (tertiary/aromatic N) is 1. The van der Waals surface area contributed by atoms with E-state index in [4.69, 9.17) is 0 Å². The molecule has 1 aliphatic rings. The van der Waals surface area contributed by atoms with Gasteiger partial charge < -0.3 is 10.2 Å². The fraction of sp³-hybridized carbons (Fsp3) is 0.900. The van der Waals surface area contributed by atoms with Gasteiger partial charge in [0.25, 0.3) is 0 Å². The molecule has 0 aromatic rings. The maximum Gasteiger partial charge on any atom is 0.230 e. The molecule has 1 saturated heterocycles. The fourth-order valence-corrected chi connectivity index (χ4v) is 1.96. The van der Waals surface area contributed by atoms with E-state index in [0.29, 0.717) is 5.33 Å². The highest BCUT2D eigenvalue weighted by atomic mass is 79.9. The summed E-state index contributed by atoms with van der Waals surface area (Å²) in [7, 11) is 0. The third-order valence-corrected chi connectivity index (χ3v) is 3.05. The summed E-state index contributed by atoms with van der Waals surface area (Å²) >= 11 is 3.12. The second-order valence-corrected chi connectivity index (χ2v) is 4.30. The van der Waals surface area contributed by atoms with E-state index in [0.717, 1.165) is 19.5 Å². The molecular formula is C10H19BrN2O. The van der Waals surface area contributed by atoms with Crippen LogP contribution in [0.3, 0.4) is 0 Å². The highest BCUT2D eigenvalue weighted by molar-refractivity contribution is 9.09. The van der Waals surface area contributed by atoms with Gasteiger partial charge in [-0.15, -0.1) is 0 Å². The molecular weight excluding hydrogens is 244 g/mol. The molecule has 1 amide bonds. The number of likely N-dealkylation sites (tertiary alicyclic amines) is 1. The number of amides is 1. The number of rotatable bonds is 5. The van der Waals surface area contributed by atoms with Crippen molar-refractivity contribution in [1.29, 1.82) is 0 Å². The van der Waals surface area contributed by atoms with E-state index in [-0.39, 0.29) is 5.91 Å². The average Bonchev–Trinajstić information content (AvgIpc) is 2.25. The Morgan fingerprint density at radius 1 is 1.29 bits per heavy atom. The van der Waals surface area contributed by atoms with Crippen LogP contribution in [0.1, 0.15) is 25.7 Å². The molecule has 0 aromatic carbocycles. The minimum Gasteiger partial charge on any atom is -0.355 e. The predicted octanol–water partition coefficient (Wildman–Crippen LogP) is 1.37. The SMILES string of the molecule is O=C(CBr)NCCCN1CCCCC1. The van der Waals surface area contributed by atoms with Gasteiger partial charge in [-0.1, -0.05) is 22.4 Å². The summed E-state index contributed by atoms with van der Waals surface area (Å²) < 4.78 is 0. The van der Waals surface area contributed by atoms with Crippen molar-refractivity contribution in [3.05, 3.63) is 0 Å². The molecule has 1 rings (SSSR count). The number of nitrogens with one attached hydrogen (secondary N) is 1. The third-order valence-electron chi connectivity index (χ3n) is 2.54. The maximum absolute atomic E-state index is 10.9. The van der Waals surface area contributed by atoms with Gasteiger partial charge in [-0.3, -0.25) is 4.79 Å². The number of hydrogen-bond acceptors (Lipinski definition) is 2. The van der Waals surface area contributed by atoms with Crippen molar-refractivity contribution in [2.45, 2.75) is 25.7 Å². The lowest BCUT2D eigenvalue weighted by molar-refractivity contribution is -0.118. The summed E-state index contributed by atoms with van der Waals surface area (Å²) in [6.45, 7) is 4.42. The molecule has 0 atom stereocenters. The molecule has 0 aliphatic carbocycles. The first-order valence-electron chi connectivity index (χ1n) is 5.38. The molecule has 0 saturated carbocycles. The molecule has 0 radical (unpaired) electrons. The summed E-state index contributed by atoms with van der Waals surface area (Å²) in [5.74, 6) is 0.0867. The van der Waals surface area contributed by atoms with Crippen molar-refractivity contribution in [3.63, 3.8) is 0 Å². The smallest absolute Gasteiger partial charge is 0.230 e. The van der Waals surface area contributed by atoms with Gasteiger partial charge in [0.2, 0.25) is 5.91 Å². The number of carbonyl (C=O) groups excluding carboxylic acids is 1. The Labute approximate surface area is 94.4 Å². The van der Waals surface area contributed by atoms with Gasteiger partial charge in [-0.25, -0.2) is 0 Å². The van der Waals surface area contributed by atoms with Crippen LogP contribution in [0.15, 0.2) is 0 Å². The summed E-state index contributed by atoms with van der Waals surface area (Å²) in [5.41, 5.74) is 0. The van der Waals surface area contributed by atoms with Crippen LogP contribution >= 0.6 is 15.9 Å². The zero-order valence-electron chi connectivity index (χ0n) is 8.60. The molecule has 14 heavy (non-hydrogen) atoms. The van der Waals surface area contributed by atoms with Gasteiger partial charge in [-0.2, -0.15) is 0 Å². The second-order valence-electron chi connectivity index (χ2n) is 3.74. The van der Waals surface area contributed by atoms with E-state index >= 15 is 0 Å². The van der Waals surface area contributed by atoms with E-state index < -0.39 is 0 Å². The van der Waals surface area contributed by atoms with E-state index in [1.54, 1.807) is 0 Å². The van der Waals surface area contributed by atoms with Crippen molar-refractivity contribution in [2.24, 2.45) is 0 Å². The van der Waals surface area contributed by atoms with Crippen LogP contribution in [0.5, 0.6) is 0 Å². The van der Waals surface area contributed by atoms with Crippen LogP contribution in [-0.2, 0) is 4.79 Å². The molecule has 1 fully saturated rings. The van der Waals surface area contributed by atoms with E-state index in [9.17, 15) is 4.79 Å². The highest BCUT2D eigenvalue weighted by Crippen LogP contribution is 2.08. The normalized spacial score (nSPS) is 18.1. The summed E-state index contributed by atoms with van der Waals surface area (Å²) in [6, 6.07) is 0. The Kier molecular flexibility index (Phi) is 6.19. The molecule has 1 aliphatic heterocycles. The van der Waals surface area contributed by atoms with Crippen molar-refractivity contribution in [3.8, 4) is 0 Å². The van der Waals surface area contributed by atoms with Gasteiger partial charge in [0.15, 0.2) is 0 Å². The van der Waals surface area contributed by atoms with Gasteiger partial charge in [0.05, 0.1) is 5.33 Å². The average molecular weight is 263 g/mol. The molecule has 82 valence electrons. The van der Waals surface area contributed by atoms with Crippen molar-refractivity contribution >= 4 is 21.8 Å². The molecule has 1 N–H and O–H groups in total. The van der Waals surface area contributed by atoms with E-state index in [1.165, 1.54) is 32.4 Å². The number of carbonyl (C=O) groups is 1. The number of halogens is 1. The lowest BCUT2D eigenvalue weighted by Crippen LogP contribution is -2.33. The van der Waals surface area contributed by atoms with E-state index in [1.807, 2.05) is 0 Å². The number of piperidine rings is 1. The Hall–Kier alpha value is -0.0900. The predicted molar refractivity (Wildman–Crippen MR) is 61.7 cm³/mol. The third kappa shape index (κ3) is 4.96. The molecule has 0 unspecified atom stereocenters. The summed E-state index contributed by atoms with van der Waals surface area (Å²) in [4.78, 5) is 13.4. The molecule has 0 spiro atoms. The van der Waals surface area contributed by atoms with Crippen LogP contribution in [0.4, 0.5) is 0 Å². The Morgan fingerprint density at radius 3 is 2.64 bits per heavy atom. The van der Waals surface area contributed by atoms with Gasteiger partial charge in [0.1, 0.15) is 0 Å². The minimum atomic E-state index is 0.0867. The topological polar surface area (TPSA) is 32.3 Å². The highest BCUT2D eigenvalue weighted by Gasteiger charge is 2.08. The molecule has 1 heterocycles. The van der Waals surface area contributed by atoms with Gasteiger partial charge in [0, 0.05) is 6.54 Å². The molecule has 0 bridgehead atoms. The van der Waals surface area contributed by atoms with Crippen LogP contribution in [0, 0.1) is 0 Å². The molecule has 3 nitrogen and oxygen atoms in total. The standard InChI is InChI=1S/C10H19BrN2O/c11-9-10(14)12-5-4-8-13-6-2-1-3-7-13/h1-9H2,(H,12,14). The van der Waals surface area contributed by atoms with E-state index in [2.05, 4.69) is 26.1 Å². The molecule has 0 aromatic heterocycles. The summed E-state index contributed by atoms with van der Waals surface area (Å²) in [5, 5.41) is 3.27. The van der Waals surface area contributed by atoms with Crippen LogP contribution in [0.2, 0.25) is 0 Å². The van der Waals surface area contributed by atoms with Crippen molar-refractivity contribution in [2.75, 3.05) is 31.5 Å². The first-order valence-corrected chi connectivity index (χ1v) is 6.50. The van der Waals surface area contributed by atoms with Crippen LogP contribution in [0.25, 0.3) is 0 Å². The number of hydrogen-bond donors (Lipinski definition) is 1. The van der Waals surface area contributed by atoms with Crippen molar-refractivity contribution in [1.82, 2.24) is 10.2 Å². The zero-order valence-corrected chi connectivity index (χ0v) is 10.2. The largest absolute Gasteiger partial charge is 0.355 e. The van der Waals surface area contributed by atoms with Crippen molar-refractivity contribution < 1.29 is 4.79 Å². The fourth-order valence-electron chi connectivity index (χ4n) is 1.76. The number of alkyl halides is 1. The Bertz CT molecular complexity index is 170. The first kappa shape index (κ1) is 12.0. The van der Waals surface area contributed by atoms with Gasteiger partial charge in [-0.05, 0) is 38.9 Å². The minimum absolute atomic E-state index is 0.0867. The quantitative estimate of drug-likeness (QED) is 0.600. The lowest BCUT2D eigenvalue weighted by Gasteiger charge is -2.26. The second kappa shape index (κ2) is 7.23. The lowest BCUT2D eigenvalue weighted by atomic mass is 10.1. The van der Waals surface area contributed by atoms with Crippen LogP contribution in [-0.4, -0.2) is 42.3 Å². The molecule has 4 heteroatoms. The van der Waals surface area contributed by atoms with Gasteiger partial charge >= 0.3 is 0 Å². The van der Waals surface area contributed by atoms with Crippen LogP contribution < -0.4 is 5.32 Å². The first-order chi connectivity index (χ1) is 6.83. The monoisotopic (exact) mass is 262 g/mol. The Morgan fingerprint density at radius 2 is 2.00 bits per heavy atom. The summed E-state index contributed by atoms with van der Waals surface area (Å²) in [6.07, 6.45) is 5.14.